The molecule has 3 nitrogen and oxygen atoms in total. The molecule has 2 aromatic heterocycles. The Labute approximate surface area is 148 Å². The fourth-order valence-electron chi connectivity index (χ4n) is 2.30. The Morgan fingerprint density at radius 2 is 1.96 bits per heavy atom. The summed E-state index contributed by atoms with van der Waals surface area (Å²) in [5.41, 5.74) is 2.97. The van der Waals surface area contributed by atoms with Crippen molar-refractivity contribution in [3.63, 3.8) is 0 Å². The summed E-state index contributed by atoms with van der Waals surface area (Å²) in [5, 5.41) is 3.56. The van der Waals surface area contributed by atoms with E-state index in [2.05, 4.69) is 43.2 Å². The minimum Gasteiger partial charge on any atom is -0.326 e. The molecule has 5 heteroatoms. The molecule has 1 atom stereocenters. The Bertz CT molecular complexity index is 691. The van der Waals surface area contributed by atoms with Crippen LogP contribution in [0.5, 0.6) is 0 Å². The highest BCUT2D eigenvalue weighted by atomic mass is 35.5. The van der Waals surface area contributed by atoms with Gasteiger partial charge in [-0.05, 0) is 44.4 Å². The second kappa shape index (κ2) is 8.67. The van der Waals surface area contributed by atoms with Gasteiger partial charge in [-0.3, -0.25) is 4.79 Å². The molecule has 2 aromatic rings. The van der Waals surface area contributed by atoms with Crippen molar-refractivity contribution in [2.75, 3.05) is 0 Å². The van der Waals surface area contributed by atoms with Crippen LogP contribution in [0.15, 0.2) is 23.0 Å². The van der Waals surface area contributed by atoms with Crippen molar-refractivity contribution < 1.29 is 0 Å². The van der Waals surface area contributed by atoms with E-state index in [0.29, 0.717) is 12.0 Å². The Morgan fingerprint density at radius 3 is 2.57 bits per heavy atom. The van der Waals surface area contributed by atoms with Crippen molar-refractivity contribution in [3.05, 3.63) is 44.7 Å². The number of pyridine rings is 1. The van der Waals surface area contributed by atoms with Gasteiger partial charge in [-0.1, -0.05) is 20.8 Å². The zero-order valence-corrected chi connectivity index (χ0v) is 16.2. The second-order valence-electron chi connectivity index (χ2n) is 6.20. The fourth-order valence-corrected chi connectivity index (χ4v) is 3.33. The Balaban J connectivity index is 0.00000264. The molecule has 2 heterocycles. The molecule has 128 valence electrons. The smallest absolute Gasteiger partial charge is 0.251 e. The maximum Gasteiger partial charge on any atom is 0.251 e. The van der Waals surface area contributed by atoms with Gasteiger partial charge in [0.1, 0.15) is 0 Å². The lowest BCUT2D eigenvalue weighted by molar-refractivity contribution is 0.428. The summed E-state index contributed by atoms with van der Waals surface area (Å²) in [7, 11) is 0. The van der Waals surface area contributed by atoms with Gasteiger partial charge in [0.25, 0.3) is 5.56 Å². The van der Waals surface area contributed by atoms with Gasteiger partial charge in [0.15, 0.2) is 0 Å². The molecule has 2 N–H and O–H groups in total. The fraction of sp³-hybridized carbons (Fsp3) is 0.500. The van der Waals surface area contributed by atoms with E-state index in [1.807, 2.05) is 19.9 Å². The first-order chi connectivity index (χ1) is 10.4. The number of hydrogen-bond donors (Lipinski definition) is 2. The summed E-state index contributed by atoms with van der Waals surface area (Å²) in [4.78, 5) is 17.4. The molecule has 0 bridgehead atoms. The maximum absolute atomic E-state index is 11.8. The lowest BCUT2D eigenvalue weighted by Crippen LogP contribution is -2.29. The molecule has 0 saturated carbocycles. The van der Waals surface area contributed by atoms with E-state index < -0.39 is 0 Å². The minimum absolute atomic E-state index is 0. The van der Waals surface area contributed by atoms with Crippen LogP contribution in [0.4, 0.5) is 0 Å². The number of halogens is 1. The molecular weight excluding hydrogens is 328 g/mol. The van der Waals surface area contributed by atoms with Crippen LogP contribution >= 0.6 is 23.7 Å². The molecule has 1 unspecified atom stereocenters. The average Bonchev–Trinajstić information content (AvgIpc) is 2.93. The molecule has 0 spiro atoms. The largest absolute Gasteiger partial charge is 0.326 e. The Kier molecular flexibility index (Phi) is 7.52. The lowest BCUT2D eigenvalue weighted by Gasteiger charge is -2.16. The molecule has 2 rings (SSSR count). The predicted octanol–water partition coefficient (Wildman–Crippen LogP) is 4.53. The summed E-state index contributed by atoms with van der Waals surface area (Å²) in [6, 6.07) is 6.87. The molecular formula is C18H27ClN2OS. The summed E-state index contributed by atoms with van der Waals surface area (Å²) in [5.74, 6) is 0.632. The van der Waals surface area contributed by atoms with Crippen LogP contribution in [0.3, 0.4) is 0 Å². The van der Waals surface area contributed by atoms with Gasteiger partial charge in [-0.25, -0.2) is 0 Å². The van der Waals surface area contributed by atoms with Crippen molar-refractivity contribution in [2.24, 2.45) is 5.92 Å². The van der Waals surface area contributed by atoms with Gasteiger partial charge in [0, 0.05) is 39.2 Å². The van der Waals surface area contributed by atoms with Gasteiger partial charge in [-0.15, -0.1) is 23.7 Å². The van der Waals surface area contributed by atoms with Crippen LogP contribution in [-0.2, 0) is 13.0 Å². The summed E-state index contributed by atoms with van der Waals surface area (Å²) in [6.07, 6.45) is 0.758. The quantitative estimate of drug-likeness (QED) is 0.800. The van der Waals surface area contributed by atoms with Gasteiger partial charge < -0.3 is 10.3 Å². The highest BCUT2D eigenvalue weighted by Crippen LogP contribution is 2.30. The number of nitrogens with one attached hydrogen (secondary N) is 2. The number of aryl methyl sites for hydroxylation is 2. The number of thiophene rings is 1. The van der Waals surface area contributed by atoms with E-state index >= 15 is 0 Å². The topological polar surface area (TPSA) is 44.9 Å². The lowest BCUT2D eigenvalue weighted by atomic mass is 10.1. The monoisotopic (exact) mass is 354 g/mol. The zero-order chi connectivity index (χ0) is 16.3. The molecule has 0 aliphatic carbocycles. The van der Waals surface area contributed by atoms with Crippen LogP contribution in [0.25, 0.3) is 10.4 Å². The van der Waals surface area contributed by atoms with E-state index in [1.165, 1.54) is 9.75 Å². The molecule has 0 aliphatic rings. The number of hydrogen-bond acceptors (Lipinski definition) is 3. The second-order valence-corrected chi connectivity index (χ2v) is 7.36. The minimum atomic E-state index is 0. The number of rotatable bonds is 6. The zero-order valence-electron chi connectivity index (χ0n) is 14.5. The normalized spacial score (nSPS) is 12.3. The highest BCUT2D eigenvalue weighted by Gasteiger charge is 2.11. The number of aromatic nitrogens is 1. The number of H-pyrrole nitrogens is 1. The van der Waals surface area contributed by atoms with Crippen molar-refractivity contribution in [1.82, 2.24) is 10.3 Å². The Hall–Kier alpha value is -1.10. The molecule has 0 saturated heterocycles. The molecule has 0 radical (unpaired) electrons. The van der Waals surface area contributed by atoms with Crippen molar-refractivity contribution >= 4 is 23.7 Å². The standard InChI is InChI=1S/C18H26N2OS.ClH/c1-6-14-9-16(13(5)20-18(14)21)17-8-7-15(22-17)10-19-12(4)11(2)3;/h7-9,11-12,19H,6,10H2,1-5H3,(H,20,21);1H. The molecule has 23 heavy (non-hydrogen) atoms. The summed E-state index contributed by atoms with van der Waals surface area (Å²) < 4.78 is 0. The molecule has 0 aliphatic heterocycles. The Morgan fingerprint density at radius 1 is 1.26 bits per heavy atom. The SMILES string of the molecule is CCc1cc(-c2ccc(CNC(C)C(C)C)s2)c(C)[nH]c1=O.Cl. The molecule has 0 amide bonds. The van der Waals surface area contributed by atoms with Gasteiger partial charge >= 0.3 is 0 Å². The van der Waals surface area contributed by atoms with Crippen LogP contribution in [0.2, 0.25) is 0 Å². The maximum atomic E-state index is 11.8. The first kappa shape index (κ1) is 19.9. The van der Waals surface area contributed by atoms with Crippen LogP contribution in [0.1, 0.15) is 43.8 Å². The first-order valence-electron chi connectivity index (χ1n) is 7.97. The van der Waals surface area contributed by atoms with Crippen molar-refractivity contribution in [2.45, 2.75) is 53.6 Å². The average molecular weight is 355 g/mol. The molecule has 0 fully saturated rings. The van der Waals surface area contributed by atoms with Gasteiger partial charge in [-0.2, -0.15) is 0 Å². The summed E-state index contributed by atoms with van der Waals surface area (Å²) in [6.45, 7) is 11.6. The first-order valence-corrected chi connectivity index (χ1v) is 8.79. The third-order valence-electron chi connectivity index (χ3n) is 4.22. The predicted molar refractivity (Wildman–Crippen MR) is 103 cm³/mol. The molecule has 0 aromatic carbocycles. The van der Waals surface area contributed by atoms with Crippen molar-refractivity contribution in [1.29, 1.82) is 0 Å². The highest BCUT2D eigenvalue weighted by molar-refractivity contribution is 7.15. The van der Waals surface area contributed by atoms with Crippen LogP contribution in [-0.4, -0.2) is 11.0 Å². The van der Waals surface area contributed by atoms with Crippen LogP contribution < -0.4 is 10.9 Å². The van der Waals surface area contributed by atoms with Crippen LogP contribution in [0, 0.1) is 12.8 Å². The van der Waals surface area contributed by atoms with E-state index in [-0.39, 0.29) is 18.0 Å². The van der Waals surface area contributed by atoms with E-state index in [1.54, 1.807) is 11.3 Å². The van der Waals surface area contributed by atoms with Gasteiger partial charge in [0.05, 0.1) is 0 Å². The summed E-state index contributed by atoms with van der Waals surface area (Å²) >= 11 is 1.79. The third-order valence-corrected chi connectivity index (χ3v) is 5.34. The third kappa shape index (κ3) is 4.93. The number of aromatic amines is 1. The van der Waals surface area contributed by atoms with E-state index in [0.717, 1.165) is 29.8 Å². The van der Waals surface area contributed by atoms with E-state index in [9.17, 15) is 4.79 Å². The van der Waals surface area contributed by atoms with E-state index in [4.69, 9.17) is 0 Å². The van der Waals surface area contributed by atoms with Gasteiger partial charge in [0.2, 0.25) is 0 Å². The van der Waals surface area contributed by atoms with Crippen molar-refractivity contribution in [3.8, 4) is 10.4 Å².